The number of hydrogen-bond acceptors (Lipinski definition) is 5. The molecule has 0 saturated carbocycles. The molecule has 5 nitrogen and oxygen atoms in total. The molecule has 0 spiro atoms. The van der Waals surface area contributed by atoms with Crippen molar-refractivity contribution in [2.45, 2.75) is 6.61 Å². The van der Waals surface area contributed by atoms with Crippen LogP contribution >= 0.6 is 0 Å². The molecule has 0 aliphatic carbocycles. The van der Waals surface area contributed by atoms with Crippen LogP contribution in [-0.2, 0) is 9.53 Å². The number of methoxy groups -OCH3 is 1. The smallest absolute Gasteiger partial charge is 0.387 e. The zero-order chi connectivity index (χ0) is 17.8. The van der Waals surface area contributed by atoms with Gasteiger partial charge in [0.1, 0.15) is 0 Å². The van der Waals surface area contributed by atoms with E-state index in [0.29, 0.717) is 5.56 Å². The molecule has 0 atom stereocenters. The van der Waals surface area contributed by atoms with Crippen LogP contribution < -0.4 is 9.47 Å². The van der Waals surface area contributed by atoms with Crippen LogP contribution in [0, 0.1) is 0 Å². The van der Waals surface area contributed by atoms with Crippen molar-refractivity contribution in [3.8, 4) is 11.5 Å². The second-order valence-electron chi connectivity index (χ2n) is 4.99. The van der Waals surface area contributed by atoms with Gasteiger partial charge >= 0.3 is 12.6 Å². The largest absolute Gasteiger partial charge is 0.493 e. The highest BCUT2D eigenvalue weighted by Crippen LogP contribution is 2.31. The van der Waals surface area contributed by atoms with Crippen molar-refractivity contribution in [2.75, 3.05) is 7.11 Å². The molecule has 128 valence electrons. The van der Waals surface area contributed by atoms with Crippen LogP contribution in [0.1, 0.15) is 11.1 Å². The molecule has 1 aliphatic rings. The molecule has 25 heavy (non-hydrogen) atoms. The molecule has 0 saturated heterocycles. The highest BCUT2D eigenvalue weighted by molar-refractivity contribution is 6.13. The van der Waals surface area contributed by atoms with Gasteiger partial charge in [0.25, 0.3) is 0 Å². The maximum Gasteiger partial charge on any atom is 0.387 e. The molecule has 0 bridgehead atoms. The van der Waals surface area contributed by atoms with Crippen LogP contribution in [0.3, 0.4) is 0 Å². The number of alkyl halides is 2. The number of rotatable bonds is 5. The standard InChI is InChI=1S/C18H13F2NO4/c1-23-15-10-12(7-8-14(15)24-18(19)20)16-21-13(17(22)25-16)9-11-5-3-2-4-6-11/h2-10,18H,1H3/b13-9-. The van der Waals surface area contributed by atoms with Gasteiger partial charge in [0.05, 0.1) is 7.11 Å². The quantitative estimate of drug-likeness (QED) is 0.613. The molecule has 0 fully saturated rings. The van der Waals surface area contributed by atoms with Crippen molar-refractivity contribution in [1.82, 2.24) is 0 Å². The minimum Gasteiger partial charge on any atom is -0.493 e. The van der Waals surface area contributed by atoms with Gasteiger partial charge in [0, 0.05) is 5.56 Å². The third-order valence-corrected chi connectivity index (χ3v) is 3.35. The third-order valence-electron chi connectivity index (χ3n) is 3.35. The summed E-state index contributed by atoms with van der Waals surface area (Å²) < 4.78 is 39.3. The van der Waals surface area contributed by atoms with Crippen LogP contribution in [0.2, 0.25) is 0 Å². The van der Waals surface area contributed by atoms with Crippen molar-refractivity contribution in [1.29, 1.82) is 0 Å². The Bertz CT molecular complexity index is 847. The lowest BCUT2D eigenvalue weighted by atomic mass is 10.2. The van der Waals surface area contributed by atoms with E-state index in [-0.39, 0.29) is 23.1 Å². The number of carbonyl (C=O) groups excluding carboxylic acids is 1. The summed E-state index contributed by atoms with van der Waals surface area (Å²) in [6.45, 7) is -2.97. The van der Waals surface area contributed by atoms with Crippen LogP contribution in [0.25, 0.3) is 6.08 Å². The molecular weight excluding hydrogens is 332 g/mol. The summed E-state index contributed by atoms with van der Waals surface area (Å²) >= 11 is 0. The molecule has 7 heteroatoms. The number of carbonyl (C=O) groups is 1. The Morgan fingerprint density at radius 2 is 1.88 bits per heavy atom. The SMILES string of the molecule is COc1cc(C2=N/C(=C\c3ccccc3)C(=O)O2)ccc1OC(F)F. The second kappa shape index (κ2) is 7.12. The van der Waals surface area contributed by atoms with Gasteiger partial charge in [-0.1, -0.05) is 30.3 Å². The van der Waals surface area contributed by atoms with Gasteiger partial charge in [-0.3, -0.25) is 0 Å². The highest BCUT2D eigenvalue weighted by atomic mass is 19.3. The Kier molecular flexibility index (Phi) is 4.74. The molecule has 1 heterocycles. The summed E-state index contributed by atoms with van der Waals surface area (Å²) in [7, 11) is 1.32. The summed E-state index contributed by atoms with van der Waals surface area (Å²) in [5.41, 5.74) is 1.36. The molecule has 0 radical (unpaired) electrons. The Morgan fingerprint density at radius 3 is 2.56 bits per heavy atom. The van der Waals surface area contributed by atoms with Gasteiger partial charge in [-0.15, -0.1) is 0 Å². The number of benzene rings is 2. The van der Waals surface area contributed by atoms with E-state index in [9.17, 15) is 13.6 Å². The van der Waals surface area contributed by atoms with Crippen LogP contribution in [0.4, 0.5) is 8.78 Å². The minimum absolute atomic E-state index is 0.0640. The number of ether oxygens (including phenoxy) is 3. The van der Waals surface area contributed by atoms with E-state index in [2.05, 4.69) is 9.73 Å². The van der Waals surface area contributed by atoms with Gasteiger partial charge in [-0.05, 0) is 29.8 Å². The van der Waals surface area contributed by atoms with E-state index in [1.54, 1.807) is 6.08 Å². The van der Waals surface area contributed by atoms with E-state index in [1.165, 1.54) is 25.3 Å². The number of nitrogens with zero attached hydrogens (tertiary/aromatic N) is 1. The zero-order valence-electron chi connectivity index (χ0n) is 13.1. The Labute approximate surface area is 142 Å². The van der Waals surface area contributed by atoms with Crippen molar-refractivity contribution < 1.29 is 27.8 Å². The van der Waals surface area contributed by atoms with E-state index in [4.69, 9.17) is 9.47 Å². The summed E-state index contributed by atoms with van der Waals surface area (Å²) in [4.78, 5) is 16.1. The minimum atomic E-state index is -2.97. The van der Waals surface area contributed by atoms with E-state index in [0.717, 1.165) is 5.56 Å². The normalized spacial score (nSPS) is 15.3. The monoisotopic (exact) mass is 345 g/mol. The van der Waals surface area contributed by atoms with Gasteiger partial charge < -0.3 is 14.2 Å². The number of cyclic esters (lactones) is 1. The highest BCUT2D eigenvalue weighted by Gasteiger charge is 2.25. The maximum absolute atomic E-state index is 12.4. The second-order valence-corrected chi connectivity index (χ2v) is 4.99. The lowest BCUT2D eigenvalue weighted by Crippen LogP contribution is -2.07. The van der Waals surface area contributed by atoms with E-state index < -0.39 is 12.6 Å². The first-order valence-corrected chi connectivity index (χ1v) is 7.27. The maximum atomic E-state index is 12.4. The molecule has 1 aliphatic heterocycles. The first-order valence-electron chi connectivity index (χ1n) is 7.27. The van der Waals surface area contributed by atoms with Crippen LogP contribution in [0.15, 0.2) is 59.2 Å². The lowest BCUT2D eigenvalue weighted by Gasteiger charge is -2.10. The van der Waals surface area contributed by atoms with Gasteiger partial charge in [-0.2, -0.15) is 8.78 Å². The molecule has 2 aromatic carbocycles. The number of hydrogen-bond donors (Lipinski definition) is 0. The molecule has 0 amide bonds. The number of halogens is 2. The zero-order valence-corrected chi connectivity index (χ0v) is 13.1. The fourth-order valence-corrected chi connectivity index (χ4v) is 2.23. The average molecular weight is 345 g/mol. The van der Waals surface area contributed by atoms with Crippen LogP contribution in [-0.4, -0.2) is 25.6 Å². The molecular formula is C18H13F2NO4. The van der Waals surface area contributed by atoms with Crippen molar-refractivity contribution in [3.05, 3.63) is 65.4 Å². The van der Waals surface area contributed by atoms with Gasteiger partial charge in [-0.25, -0.2) is 9.79 Å². The number of esters is 1. The molecule has 0 unspecified atom stereocenters. The Morgan fingerprint density at radius 1 is 1.12 bits per heavy atom. The predicted molar refractivity (Wildman–Crippen MR) is 86.7 cm³/mol. The first kappa shape index (κ1) is 16.6. The summed E-state index contributed by atoms with van der Waals surface area (Å²) in [6.07, 6.45) is 1.60. The molecule has 3 rings (SSSR count). The van der Waals surface area contributed by atoms with Crippen LogP contribution in [0.5, 0.6) is 11.5 Å². The molecule has 0 aromatic heterocycles. The number of aliphatic imine (C=N–C) groups is 1. The van der Waals surface area contributed by atoms with Crippen molar-refractivity contribution in [3.63, 3.8) is 0 Å². The van der Waals surface area contributed by atoms with Gasteiger partial charge in [0.2, 0.25) is 5.90 Å². The van der Waals surface area contributed by atoms with E-state index in [1.807, 2.05) is 30.3 Å². The van der Waals surface area contributed by atoms with E-state index >= 15 is 0 Å². The lowest BCUT2D eigenvalue weighted by molar-refractivity contribution is -0.129. The topological polar surface area (TPSA) is 57.1 Å². The van der Waals surface area contributed by atoms with Crippen molar-refractivity contribution in [2.24, 2.45) is 4.99 Å². The van der Waals surface area contributed by atoms with Gasteiger partial charge in [0.15, 0.2) is 17.2 Å². The first-order chi connectivity index (χ1) is 12.1. The fourth-order valence-electron chi connectivity index (χ4n) is 2.23. The molecule has 0 N–H and O–H groups in total. The molecule has 2 aromatic rings. The Hall–Kier alpha value is -3.22. The Balaban J connectivity index is 1.90. The summed E-state index contributed by atoms with van der Waals surface area (Å²) in [5.74, 6) is -0.567. The predicted octanol–water partition coefficient (Wildman–Crippen LogP) is 3.64. The summed E-state index contributed by atoms with van der Waals surface area (Å²) in [6, 6.07) is 13.4. The average Bonchev–Trinajstić information content (AvgIpc) is 2.96. The fraction of sp³-hybridized carbons (Fsp3) is 0.111. The van der Waals surface area contributed by atoms with Crippen molar-refractivity contribution >= 4 is 17.9 Å². The third kappa shape index (κ3) is 3.82. The summed E-state index contributed by atoms with van der Waals surface area (Å²) in [5, 5.41) is 0.